The van der Waals surface area contributed by atoms with Gasteiger partial charge in [0.05, 0.1) is 13.2 Å². The minimum atomic E-state index is -0.570. The number of carbonyl (C=O) groups is 1. The molecule has 1 amide bonds. The van der Waals surface area contributed by atoms with E-state index in [1.165, 1.54) is 5.56 Å². The highest BCUT2D eigenvalue weighted by Gasteiger charge is 2.21. The first-order valence-corrected chi connectivity index (χ1v) is 9.48. The number of aryl methyl sites for hydroxylation is 2. The Morgan fingerprint density at radius 1 is 1.04 bits per heavy atom. The summed E-state index contributed by atoms with van der Waals surface area (Å²) in [5.74, 6) is 1.89. The number of ether oxygens (including phenoxy) is 2. The summed E-state index contributed by atoms with van der Waals surface area (Å²) in [7, 11) is 1.65. The van der Waals surface area contributed by atoms with E-state index < -0.39 is 6.10 Å². The van der Waals surface area contributed by atoms with Crippen molar-refractivity contribution in [2.24, 2.45) is 5.92 Å². The molecule has 1 N–H and O–H groups in total. The van der Waals surface area contributed by atoms with Crippen LogP contribution in [0.25, 0.3) is 0 Å². The Hall–Kier alpha value is -2.49. The molecule has 0 aliphatic heterocycles. The molecule has 0 aromatic heterocycles. The molecule has 4 heteroatoms. The van der Waals surface area contributed by atoms with Crippen LogP contribution in [-0.4, -0.2) is 19.1 Å². The summed E-state index contributed by atoms with van der Waals surface area (Å²) in [6, 6.07) is 13.8. The number of amides is 1. The van der Waals surface area contributed by atoms with Gasteiger partial charge in [0.2, 0.25) is 0 Å². The van der Waals surface area contributed by atoms with Gasteiger partial charge in [-0.1, -0.05) is 43.7 Å². The van der Waals surface area contributed by atoms with Crippen molar-refractivity contribution >= 4 is 5.91 Å². The van der Waals surface area contributed by atoms with Crippen LogP contribution >= 0.6 is 0 Å². The molecule has 2 aromatic carbocycles. The van der Waals surface area contributed by atoms with Crippen LogP contribution in [0.2, 0.25) is 0 Å². The van der Waals surface area contributed by atoms with E-state index in [9.17, 15) is 4.79 Å². The number of hydrogen-bond acceptors (Lipinski definition) is 3. The fourth-order valence-electron chi connectivity index (χ4n) is 3.05. The van der Waals surface area contributed by atoms with Crippen LogP contribution in [0, 0.1) is 19.8 Å². The number of hydrogen-bond donors (Lipinski definition) is 1. The third-order valence-electron chi connectivity index (χ3n) is 4.55. The van der Waals surface area contributed by atoms with Gasteiger partial charge in [-0.2, -0.15) is 0 Å². The number of methoxy groups -OCH3 is 1. The van der Waals surface area contributed by atoms with Crippen molar-refractivity contribution in [3.63, 3.8) is 0 Å². The second-order valence-corrected chi connectivity index (χ2v) is 7.49. The second kappa shape index (κ2) is 9.45. The minimum Gasteiger partial charge on any atom is -0.497 e. The van der Waals surface area contributed by atoms with Gasteiger partial charge in [0.25, 0.3) is 5.91 Å². The summed E-state index contributed by atoms with van der Waals surface area (Å²) in [4.78, 5) is 12.8. The average Bonchev–Trinajstić information content (AvgIpc) is 2.63. The highest BCUT2D eigenvalue weighted by atomic mass is 16.5. The van der Waals surface area contributed by atoms with E-state index in [0.29, 0.717) is 5.92 Å². The van der Waals surface area contributed by atoms with Gasteiger partial charge in [-0.25, -0.2) is 0 Å². The van der Waals surface area contributed by atoms with E-state index in [1.807, 2.05) is 50.2 Å². The molecule has 0 aliphatic carbocycles. The van der Waals surface area contributed by atoms with Crippen LogP contribution in [0.5, 0.6) is 11.5 Å². The molecule has 0 fully saturated rings. The fourth-order valence-corrected chi connectivity index (χ4v) is 3.05. The molecule has 0 spiro atoms. The number of nitrogens with one attached hydrogen (secondary N) is 1. The summed E-state index contributed by atoms with van der Waals surface area (Å²) in [5.41, 5.74) is 3.27. The molecule has 2 atom stereocenters. The maximum absolute atomic E-state index is 12.8. The Labute approximate surface area is 162 Å². The largest absolute Gasteiger partial charge is 0.497 e. The van der Waals surface area contributed by atoms with Crippen molar-refractivity contribution in [2.75, 3.05) is 7.11 Å². The zero-order chi connectivity index (χ0) is 20.0. The molecule has 0 bridgehead atoms. The van der Waals surface area contributed by atoms with Crippen LogP contribution in [-0.2, 0) is 4.79 Å². The predicted molar refractivity (Wildman–Crippen MR) is 109 cm³/mol. The monoisotopic (exact) mass is 369 g/mol. The van der Waals surface area contributed by atoms with Crippen LogP contribution < -0.4 is 14.8 Å². The molecule has 2 aromatic rings. The number of rotatable bonds is 8. The Morgan fingerprint density at radius 2 is 1.70 bits per heavy atom. The number of carbonyl (C=O) groups excluding carboxylic acids is 1. The lowest BCUT2D eigenvalue weighted by molar-refractivity contribution is -0.128. The van der Waals surface area contributed by atoms with E-state index in [2.05, 4.69) is 25.2 Å². The molecule has 4 nitrogen and oxygen atoms in total. The summed E-state index contributed by atoms with van der Waals surface area (Å²) >= 11 is 0. The Morgan fingerprint density at radius 3 is 2.26 bits per heavy atom. The van der Waals surface area contributed by atoms with Gasteiger partial charge >= 0.3 is 0 Å². The van der Waals surface area contributed by atoms with Crippen LogP contribution in [0.15, 0.2) is 42.5 Å². The molecule has 0 saturated carbocycles. The first-order chi connectivity index (χ1) is 12.8. The summed E-state index contributed by atoms with van der Waals surface area (Å²) < 4.78 is 11.1. The van der Waals surface area contributed by atoms with Crippen molar-refractivity contribution in [1.82, 2.24) is 5.32 Å². The minimum absolute atomic E-state index is 0.0615. The quantitative estimate of drug-likeness (QED) is 0.714. The predicted octanol–water partition coefficient (Wildman–Crippen LogP) is 4.98. The van der Waals surface area contributed by atoms with Gasteiger partial charge in [-0.05, 0) is 62.4 Å². The van der Waals surface area contributed by atoms with Crippen LogP contribution in [0.4, 0.5) is 0 Å². The molecule has 27 heavy (non-hydrogen) atoms. The lowest BCUT2D eigenvalue weighted by Gasteiger charge is -2.24. The average molecular weight is 370 g/mol. The van der Waals surface area contributed by atoms with Crippen molar-refractivity contribution in [1.29, 1.82) is 0 Å². The van der Waals surface area contributed by atoms with Gasteiger partial charge < -0.3 is 14.8 Å². The lowest BCUT2D eigenvalue weighted by Crippen LogP contribution is -2.39. The fraction of sp³-hybridized carbons (Fsp3) is 0.435. The molecule has 2 rings (SSSR count). The van der Waals surface area contributed by atoms with E-state index in [-0.39, 0.29) is 11.9 Å². The van der Waals surface area contributed by atoms with Crippen molar-refractivity contribution in [2.45, 2.75) is 53.2 Å². The maximum Gasteiger partial charge on any atom is 0.261 e. The molecule has 0 radical (unpaired) electrons. The van der Waals surface area contributed by atoms with E-state index >= 15 is 0 Å². The Balaban J connectivity index is 2.09. The highest BCUT2D eigenvalue weighted by molar-refractivity contribution is 5.81. The zero-order valence-electron chi connectivity index (χ0n) is 17.2. The lowest BCUT2D eigenvalue weighted by atomic mass is 9.96. The molecule has 0 unspecified atom stereocenters. The maximum atomic E-state index is 12.8. The summed E-state index contributed by atoms with van der Waals surface area (Å²) in [6.07, 6.45) is 0.285. The van der Waals surface area contributed by atoms with E-state index in [0.717, 1.165) is 29.0 Å². The van der Waals surface area contributed by atoms with Gasteiger partial charge in [-0.3, -0.25) is 4.79 Å². The molecule has 0 heterocycles. The van der Waals surface area contributed by atoms with Crippen molar-refractivity contribution in [3.8, 4) is 11.5 Å². The molecular weight excluding hydrogens is 338 g/mol. The third-order valence-corrected chi connectivity index (χ3v) is 4.55. The highest BCUT2D eigenvalue weighted by Crippen LogP contribution is 2.25. The Kier molecular flexibility index (Phi) is 7.28. The smallest absolute Gasteiger partial charge is 0.261 e. The zero-order valence-corrected chi connectivity index (χ0v) is 17.2. The van der Waals surface area contributed by atoms with E-state index in [1.54, 1.807) is 14.0 Å². The molecule has 146 valence electrons. The third kappa shape index (κ3) is 6.02. The number of benzene rings is 2. The normalized spacial score (nSPS) is 13.1. The molecule has 0 aliphatic rings. The van der Waals surface area contributed by atoms with E-state index in [4.69, 9.17) is 9.47 Å². The first kappa shape index (κ1) is 20.8. The van der Waals surface area contributed by atoms with Gasteiger partial charge in [-0.15, -0.1) is 0 Å². The Bertz CT molecular complexity index is 753. The SMILES string of the molecule is COc1ccc([C@@H](CC(C)C)NC(=O)[C@@H](C)Oc2ccc(C)cc2C)cc1. The molecule has 0 saturated heterocycles. The summed E-state index contributed by atoms with van der Waals surface area (Å²) in [5, 5.41) is 3.15. The standard InChI is InChI=1S/C23H31NO3/c1-15(2)13-21(19-8-10-20(26-6)11-9-19)24-23(25)18(5)27-22-12-7-16(3)14-17(22)4/h7-12,14-15,18,21H,13H2,1-6H3,(H,24,25)/t18-,21-/m1/s1. The van der Waals surface area contributed by atoms with Crippen molar-refractivity contribution in [3.05, 3.63) is 59.2 Å². The molecular formula is C23H31NO3. The van der Waals surface area contributed by atoms with Gasteiger partial charge in [0.15, 0.2) is 6.10 Å². The summed E-state index contributed by atoms with van der Waals surface area (Å²) in [6.45, 7) is 10.1. The van der Waals surface area contributed by atoms with Gasteiger partial charge in [0.1, 0.15) is 11.5 Å². The van der Waals surface area contributed by atoms with Crippen LogP contribution in [0.1, 0.15) is 49.9 Å². The first-order valence-electron chi connectivity index (χ1n) is 9.48. The second-order valence-electron chi connectivity index (χ2n) is 7.49. The van der Waals surface area contributed by atoms with Crippen LogP contribution in [0.3, 0.4) is 0 Å². The van der Waals surface area contributed by atoms with Gasteiger partial charge in [0, 0.05) is 0 Å². The topological polar surface area (TPSA) is 47.6 Å². The van der Waals surface area contributed by atoms with Crippen molar-refractivity contribution < 1.29 is 14.3 Å².